The lowest BCUT2D eigenvalue weighted by Gasteiger charge is -2.09. The Bertz CT molecular complexity index is 834. The van der Waals surface area contributed by atoms with Gasteiger partial charge in [0.05, 0.1) is 33.6 Å². The van der Waals surface area contributed by atoms with Crippen LogP contribution in [-0.4, -0.2) is 45.4 Å². The predicted octanol–water partition coefficient (Wildman–Crippen LogP) is 1.98. The number of carbonyl (C=O) groups excluding carboxylic acids is 2. The van der Waals surface area contributed by atoms with Gasteiger partial charge in [0.25, 0.3) is 11.8 Å². The van der Waals surface area contributed by atoms with Crippen LogP contribution >= 0.6 is 0 Å². The Morgan fingerprint density at radius 1 is 1.04 bits per heavy atom. The van der Waals surface area contributed by atoms with Gasteiger partial charge in [0.15, 0.2) is 11.5 Å². The molecule has 2 aromatic carbocycles. The standard InChI is InChI=1S/C20H23N3O5/c1-4-28-16-8-5-14(6-9-16)12-22-23-19(24)13-21-20(25)15-7-10-17(26-2)18(11-15)27-3/h5-12H,4,13H2,1-3H3,(H,21,25)(H,23,24)/b22-12+. The number of amides is 2. The Hall–Kier alpha value is -3.55. The van der Waals surface area contributed by atoms with Gasteiger partial charge in [0.2, 0.25) is 0 Å². The minimum Gasteiger partial charge on any atom is -0.494 e. The Balaban J connectivity index is 1.82. The molecule has 0 aliphatic carbocycles. The highest BCUT2D eigenvalue weighted by Gasteiger charge is 2.11. The van der Waals surface area contributed by atoms with E-state index < -0.39 is 11.8 Å². The maximum absolute atomic E-state index is 12.2. The Morgan fingerprint density at radius 2 is 1.75 bits per heavy atom. The zero-order valence-electron chi connectivity index (χ0n) is 16.0. The van der Waals surface area contributed by atoms with Gasteiger partial charge < -0.3 is 19.5 Å². The molecule has 2 aromatic rings. The van der Waals surface area contributed by atoms with Gasteiger partial charge in [0, 0.05) is 5.56 Å². The van der Waals surface area contributed by atoms with E-state index in [2.05, 4.69) is 15.8 Å². The fraction of sp³-hybridized carbons (Fsp3) is 0.250. The van der Waals surface area contributed by atoms with E-state index in [1.165, 1.54) is 26.5 Å². The number of methoxy groups -OCH3 is 2. The van der Waals surface area contributed by atoms with Crippen LogP contribution in [0.1, 0.15) is 22.8 Å². The highest BCUT2D eigenvalue weighted by Crippen LogP contribution is 2.27. The summed E-state index contributed by atoms with van der Waals surface area (Å²) in [5, 5.41) is 6.38. The molecular weight excluding hydrogens is 362 g/mol. The first-order valence-electron chi connectivity index (χ1n) is 8.62. The summed E-state index contributed by atoms with van der Waals surface area (Å²) in [6.07, 6.45) is 1.50. The third-order valence-electron chi connectivity index (χ3n) is 3.65. The summed E-state index contributed by atoms with van der Waals surface area (Å²) in [6, 6.07) is 12.0. The first-order valence-corrected chi connectivity index (χ1v) is 8.62. The maximum atomic E-state index is 12.2. The van der Waals surface area contributed by atoms with Crippen molar-refractivity contribution in [3.8, 4) is 17.2 Å². The second kappa shape index (κ2) is 10.6. The second-order valence-corrected chi connectivity index (χ2v) is 5.55. The van der Waals surface area contributed by atoms with Crippen LogP contribution in [0.25, 0.3) is 0 Å². The summed E-state index contributed by atoms with van der Waals surface area (Å²) < 4.78 is 15.6. The van der Waals surface area contributed by atoms with Crippen LogP contribution in [0, 0.1) is 0 Å². The lowest BCUT2D eigenvalue weighted by molar-refractivity contribution is -0.120. The van der Waals surface area contributed by atoms with Crippen LogP contribution in [0.15, 0.2) is 47.6 Å². The molecule has 0 bridgehead atoms. The van der Waals surface area contributed by atoms with E-state index in [9.17, 15) is 9.59 Å². The molecule has 148 valence electrons. The predicted molar refractivity (Wildman–Crippen MR) is 105 cm³/mol. The molecule has 2 amide bonds. The smallest absolute Gasteiger partial charge is 0.259 e. The number of ether oxygens (including phenoxy) is 3. The quantitative estimate of drug-likeness (QED) is 0.508. The molecular formula is C20H23N3O5. The lowest BCUT2D eigenvalue weighted by Crippen LogP contribution is -2.34. The highest BCUT2D eigenvalue weighted by atomic mass is 16.5. The average molecular weight is 385 g/mol. The molecule has 0 aromatic heterocycles. The third-order valence-corrected chi connectivity index (χ3v) is 3.65. The number of benzene rings is 2. The first-order chi connectivity index (χ1) is 13.6. The Labute approximate surface area is 163 Å². The van der Waals surface area contributed by atoms with E-state index in [1.54, 1.807) is 12.1 Å². The van der Waals surface area contributed by atoms with Crippen molar-refractivity contribution in [3.63, 3.8) is 0 Å². The maximum Gasteiger partial charge on any atom is 0.259 e. The number of hydrogen-bond donors (Lipinski definition) is 2. The molecule has 0 aliphatic rings. The summed E-state index contributed by atoms with van der Waals surface area (Å²) in [6.45, 7) is 2.29. The van der Waals surface area contributed by atoms with E-state index in [4.69, 9.17) is 14.2 Å². The summed E-state index contributed by atoms with van der Waals surface area (Å²) >= 11 is 0. The molecule has 28 heavy (non-hydrogen) atoms. The van der Waals surface area contributed by atoms with Crippen LogP contribution in [0.3, 0.4) is 0 Å². The van der Waals surface area contributed by atoms with Crippen molar-refractivity contribution < 1.29 is 23.8 Å². The van der Waals surface area contributed by atoms with Crippen LogP contribution < -0.4 is 25.0 Å². The summed E-state index contributed by atoms with van der Waals surface area (Å²) in [5.41, 5.74) is 3.51. The molecule has 2 rings (SSSR count). The highest BCUT2D eigenvalue weighted by molar-refractivity contribution is 5.97. The molecule has 0 saturated carbocycles. The molecule has 0 atom stereocenters. The van der Waals surface area contributed by atoms with E-state index in [0.717, 1.165) is 11.3 Å². The molecule has 8 nitrogen and oxygen atoms in total. The molecule has 0 fully saturated rings. The third kappa shape index (κ3) is 6.01. The zero-order valence-corrected chi connectivity index (χ0v) is 16.0. The molecule has 0 radical (unpaired) electrons. The summed E-state index contributed by atoms with van der Waals surface area (Å²) in [7, 11) is 2.99. The van der Waals surface area contributed by atoms with Gasteiger partial charge in [-0.2, -0.15) is 5.10 Å². The van der Waals surface area contributed by atoms with Crippen molar-refractivity contribution in [1.29, 1.82) is 0 Å². The summed E-state index contributed by atoms with van der Waals surface area (Å²) in [4.78, 5) is 24.0. The van der Waals surface area contributed by atoms with Crippen LogP contribution in [0.4, 0.5) is 0 Å². The molecule has 0 aliphatic heterocycles. The van der Waals surface area contributed by atoms with Gasteiger partial charge in [0.1, 0.15) is 5.75 Å². The second-order valence-electron chi connectivity index (χ2n) is 5.55. The van der Waals surface area contributed by atoms with Gasteiger partial charge in [-0.1, -0.05) is 0 Å². The fourth-order valence-electron chi connectivity index (χ4n) is 2.28. The minimum absolute atomic E-state index is 0.214. The SMILES string of the molecule is CCOc1ccc(/C=N/NC(=O)CNC(=O)c2ccc(OC)c(OC)c2)cc1. The number of nitrogens with zero attached hydrogens (tertiary/aromatic N) is 1. The monoisotopic (exact) mass is 385 g/mol. The van der Waals surface area contributed by atoms with Gasteiger partial charge in [-0.25, -0.2) is 5.43 Å². The lowest BCUT2D eigenvalue weighted by atomic mass is 10.2. The molecule has 0 spiro atoms. The van der Waals surface area contributed by atoms with Crippen molar-refractivity contribution in [1.82, 2.24) is 10.7 Å². The largest absolute Gasteiger partial charge is 0.494 e. The van der Waals surface area contributed by atoms with Gasteiger partial charge in [-0.05, 0) is 55.0 Å². The molecule has 8 heteroatoms. The van der Waals surface area contributed by atoms with Gasteiger partial charge >= 0.3 is 0 Å². The number of rotatable bonds is 9. The molecule has 0 unspecified atom stereocenters. The summed E-state index contributed by atoms with van der Waals surface area (Å²) in [5.74, 6) is 0.851. The van der Waals surface area contributed by atoms with Crippen LogP contribution in [0.5, 0.6) is 17.2 Å². The number of nitrogens with one attached hydrogen (secondary N) is 2. The Kier molecular flexibility index (Phi) is 7.83. The molecule has 0 heterocycles. The number of hydrogen-bond acceptors (Lipinski definition) is 6. The van der Waals surface area contributed by atoms with E-state index in [-0.39, 0.29) is 6.54 Å². The van der Waals surface area contributed by atoms with Gasteiger partial charge in [-0.3, -0.25) is 9.59 Å². The fourth-order valence-corrected chi connectivity index (χ4v) is 2.28. The van der Waals surface area contributed by atoms with Crippen molar-refractivity contribution in [2.24, 2.45) is 5.10 Å². The topological polar surface area (TPSA) is 98.2 Å². The molecule has 2 N–H and O–H groups in total. The van der Waals surface area contributed by atoms with Crippen molar-refractivity contribution in [2.45, 2.75) is 6.92 Å². The van der Waals surface area contributed by atoms with Crippen molar-refractivity contribution >= 4 is 18.0 Å². The number of carbonyl (C=O) groups is 2. The normalized spacial score (nSPS) is 10.4. The number of hydrazone groups is 1. The van der Waals surface area contributed by atoms with Gasteiger partial charge in [-0.15, -0.1) is 0 Å². The minimum atomic E-state index is -0.448. The van der Waals surface area contributed by atoms with Crippen molar-refractivity contribution in [3.05, 3.63) is 53.6 Å². The average Bonchev–Trinajstić information content (AvgIpc) is 2.73. The van der Waals surface area contributed by atoms with E-state index in [1.807, 2.05) is 31.2 Å². The van der Waals surface area contributed by atoms with Crippen LogP contribution in [0.2, 0.25) is 0 Å². The Morgan fingerprint density at radius 3 is 2.39 bits per heavy atom. The molecule has 0 saturated heterocycles. The van der Waals surface area contributed by atoms with Crippen LogP contribution in [-0.2, 0) is 4.79 Å². The van der Waals surface area contributed by atoms with E-state index >= 15 is 0 Å². The van der Waals surface area contributed by atoms with E-state index in [0.29, 0.717) is 23.7 Å². The van der Waals surface area contributed by atoms with Crippen molar-refractivity contribution in [2.75, 3.05) is 27.4 Å². The zero-order chi connectivity index (χ0) is 20.4. The first kappa shape index (κ1) is 20.8.